The third-order valence-corrected chi connectivity index (χ3v) is 5.26. The van der Waals surface area contributed by atoms with Crippen LogP contribution in [0.4, 0.5) is 0 Å². The van der Waals surface area contributed by atoms with Gasteiger partial charge in [0, 0.05) is 14.2 Å². The van der Waals surface area contributed by atoms with Crippen LogP contribution in [-0.2, 0) is 29.0 Å². The Hall–Kier alpha value is -0.700. The van der Waals surface area contributed by atoms with Crippen molar-refractivity contribution in [1.29, 1.82) is 0 Å². The summed E-state index contributed by atoms with van der Waals surface area (Å²) in [5.74, 6) is -1.06. The highest BCUT2D eigenvalue weighted by molar-refractivity contribution is 7.90. The second-order valence-electron chi connectivity index (χ2n) is 4.39. The van der Waals surface area contributed by atoms with Crippen LogP contribution >= 0.6 is 0 Å². The van der Waals surface area contributed by atoms with Gasteiger partial charge in [-0.15, -0.1) is 0 Å². The van der Waals surface area contributed by atoms with E-state index in [1.807, 2.05) is 0 Å². The lowest BCUT2D eigenvalue weighted by Crippen LogP contribution is -2.42. The number of carbonyl (C=O) groups excluding carboxylic acids is 1. The fraction of sp³-hybridized carbons (Fsp3) is 0.909. The lowest BCUT2D eigenvalue weighted by atomic mass is 10.1. The highest BCUT2D eigenvalue weighted by Gasteiger charge is 2.42. The van der Waals surface area contributed by atoms with Crippen molar-refractivity contribution in [2.24, 2.45) is 5.92 Å². The normalized spacial score (nSPS) is 23.8. The van der Waals surface area contributed by atoms with E-state index in [2.05, 4.69) is 9.46 Å². The first-order chi connectivity index (χ1) is 8.96. The zero-order valence-electron chi connectivity index (χ0n) is 11.4. The van der Waals surface area contributed by atoms with Gasteiger partial charge < -0.3 is 14.2 Å². The van der Waals surface area contributed by atoms with Crippen molar-refractivity contribution in [3.63, 3.8) is 0 Å². The van der Waals surface area contributed by atoms with Crippen LogP contribution in [0, 0.1) is 5.92 Å². The average Bonchev–Trinajstić information content (AvgIpc) is 2.89. The smallest absolute Gasteiger partial charge is 0.310 e. The van der Waals surface area contributed by atoms with Gasteiger partial charge in [-0.1, -0.05) is 6.42 Å². The molecule has 1 aliphatic carbocycles. The highest BCUT2D eigenvalue weighted by atomic mass is 32.2. The van der Waals surface area contributed by atoms with E-state index in [1.54, 1.807) is 0 Å². The molecule has 7 nitrogen and oxygen atoms in total. The molecule has 0 radical (unpaired) electrons. The van der Waals surface area contributed by atoms with Gasteiger partial charge in [-0.2, -0.15) is 0 Å². The molecule has 1 rings (SSSR count). The van der Waals surface area contributed by atoms with E-state index >= 15 is 0 Å². The van der Waals surface area contributed by atoms with E-state index in [0.29, 0.717) is 19.3 Å². The average molecular weight is 295 g/mol. The Labute approximate surface area is 113 Å². The molecule has 0 aromatic rings. The molecule has 1 aliphatic rings. The van der Waals surface area contributed by atoms with Crippen molar-refractivity contribution in [2.75, 3.05) is 27.9 Å². The van der Waals surface area contributed by atoms with E-state index in [1.165, 1.54) is 21.3 Å². The molecular weight excluding hydrogens is 274 g/mol. The molecule has 0 aromatic carbocycles. The van der Waals surface area contributed by atoms with Gasteiger partial charge in [0.25, 0.3) is 0 Å². The summed E-state index contributed by atoms with van der Waals surface area (Å²) >= 11 is 0. The number of rotatable bonds is 7. The Morgan fingerprint density at radius 2 is 1.89 bits per heavy atom. The predicted molar refractivity (Wildman–Crippen MR) is 67.9 cm³/mol. The van der Waals surface area contributed by atoms with Crippen molar-refractivity contribution >= 4 is 16.0 Å². The third-order valence-electron chi connectivity index (χ3n) is 3.33. The van der Waals surface area contributed by atoms with Gasteiger partial charge in [0.05, 0.1) is 24.8 Å². The summed E-state index contributed by atoms with van der Waals surface area (Å²) in [6, 6.07) is 0. The van der Waals surface area contributed by atoms with Gasteiger partial charge in [-0.3, -0.25) is 4.79 Å². The molecule has 1 fully saturated rings. The van der Waals surface area contributed by atoms with E-state index in [9.17, 15) is 13.2 Å². The van der Waals surface area contributed by atoms with E-state index in [4.69, 9.17) is 9.47 Å². The van der Waals surface area contributed by atoms with Crippen LogP contribution in [0.15, 0.2) is 0 Å². The quantitative estimate of drug-likeness (QED) is 0.519. The summed E-state index contributed by atoms with van der Waals surface area (Å²) in [4.78, 5) is 11.6. The van der Waals surface area contributed by atoms with E-state index in [-0.39, 0.29) is 6.54 Å². The number of methoxy groups -OCH3 is 3. The van der Waals surface area contributed by atoms with Crippen molar-refractivity contribution in [3.05, 3.63) is 0 Å². The number of hydrogen-bond donors (Lipinski definition) is 1. The standard InChI is InChI=1S/C11H21NO6S/c1-16-10(17-2)7-12-19(14,15)9-6-4-5-8(9)11(13)18-3/h8-10,12H,4-7H2,1-3H3. The zero-order valence-corrected chi connectivity index (χ0v) is 12.2. The number of ether oxygens (including phenoxy) is 3. The number of esters is 1. The third kappa shape index (κ3) is 4.13. The molecule has 2 atom stereocenters. The Kier molecular flexibility index (Phi) is 6.18. The first kappa shape index (κ1) is 16.4. The predicted octanol–water partition coefficient (Wildman–Crippen LogP) is -0.134. The molecule has 0 saturated heterocycles. The van der Waals surface area contributed by atoms with Gasteiger partial charge in [-0.25, -0.2) is 13.1 Å². The van der Waals surface area contributed by atoms with Gasteiger partial charge in [0.1, 0.15) is 0 Å². The lowest BCUT2D eigenvalue weighted by Gasteiger charge is -2.20. The van der Waals surface area contributed by atoms with Crippen LogP contribution in [-0.4, -0.2) is 53.8 Å². The van der Waals surface area contributed by atoms with Crippen molar-refractivity contribution < 1.29 is 27.4 Å². The first-order valence-electron chi connectivity index (χ1n) is 6.08. The fourth-order valence-corrected chi connectivity index (χ4v) is 4.01. The molecule has 0 bridgehead atoms. The molecular formula is C11H21NO6S. The maximum absolute atomic E-state index is 12.2. The van der Waals surface area contributed by atoms with Crippen molar-refractivity contribution in [1.82, 2.24) is 4.72 Å². The summed E-state index contributed by atoms with van der Waals surface area (Å²) in [6.07, 6.45) is 1.05. The molecule has 19 heavy (non-hydrogen) atoms. The SMILES string of the molecule is COC(=O)C1CCCC1S(=O)(=O)NCC(OC)OC. The summed E-state index contributed by atoms with van der Waals surface area (Å²) in [6.45, 7) is 0.0136. The molecule has 0 amide bonds. The topological polar surface area (TPSA) is 90.9 Å². The summed E-state index contributed by atoms with van der Waals surface area (Å²) < 4.78 is 41.2. The highest BCUT2D eigenvalue weighted by Crippen LogP contribution is 2.31. The molecule has 0 spiro atoms. The fourth-order valence-electron chi connectivity index (χ4n) is 2.27. The van der Waals surface area contributed by atoms with Gasteiger partial charge in [0.15, 0.2) is 6.29 Å². The minimum atomic E-state index is -3.59. The molecule has 0 aromatic heterocycles. The Balaban J connectivity index is 2.68. The molecule has 2 unspecified atom stereocenters. The van der Waals surface area contributed by atoms with E-state index < -0.39 is 33.5 Å². The van der Waals surface area contributed by atoms with Crippen LogP contribution in [0.1, 0.15) is 19.3 Å². The van der Waals surface area contributed by atoms with Crippen LogP contribution in [0.2, 0.25) is 0 Å². The number of sulfonamides is 1. The lowest BCUT2D eigenvalue weighted by molar-refractivity contribution is -0.145. The number of nitrogens with one attached hydrogen (secondary N) is 1. The minimum absolute atomic E-state index is 0.0136. The van der Waals surface area contributed by atoms with Gasteiger partial charge in [-0.05, 0) is 12.8 Å². The summed E-state index contributed by atoms with van der Waals surface area (Å²) in [7, 11) is 0.529. The number of hydrogen-bond acceptors (Lipinski definition) is 6. The summed E-state index contributed by atoms with van der Waals surface area (Å²) in [5, 5.41) is -0.741. The zero-order chi connectivity index (χ0) is 14.5. The molecule has 0 aliphatic heterocycles. The maximum atomic E-state index is 12.2. The Morgan fingerprint density at radius 1 is 1.26 bits per heavy atom. The summed E-state index contributed by atoms with van der Waals surface area (Å²) in [5.41, 5.74) is 0. The minimum Gasteiger partial charge on any atom is -0.469 e. The van der Waals surface area contributed by atoms with Crippen LogP contribution in [0.3, 0.4) is 0 Å². The van der Waals surface area contributed by atoms with Crippen molar-refractivity contribution in [3.8, 4) is 0 Å². The van der Waals surface area contributed by atoms with Gasteiger partial charge >= 0.3 is 5.97 Å². The van der Waals surface area contributed by atoms with Crippen LogP contribution in [0.25, 0.3) is 0 Å². The van der Waals surface area contributed by atoms with Gasteiger partial charge in [0.2, 0.25) is 10.0 Å². The first-order valence-corrected chi connectivity index (χ1v) is 7.62. The molecule has 0 heterocycles. The Morgan fingerprint density at radius 3 is 2.42 bits per heavy atom. The van der Waals surface area contributed by atoms with Crippen molar-refractivity contribution in [2.45, 2.75) is 30.8 Å². The second kappa shape index (κ2) is 7.18. The van der Waals surface area contributed by atoms with Crippen LogP contribution < -0.4 is 4.72 Å². The Bertz CT molecular complexity index is 392. The molecule has 8 heteroatoms. The largest absolute Gasteiger partial charge is 0.469 e. The second-order valence-corrected chi connectivity index (χ2v) is 6.38. The molecule has 1 saturated carbocycles. The monoisotopic (exact) mass is 295 g/mol. The molecule has 1 N–H and O–H groups in total. The molecule has 112 valence electrons. The van der Waals surface area contributed by atoms with Crippen LogP contribution in [0.5, 0.6) is 0 Å². The number of carbonyl (C=O) groups is 1. The maximum Gasteiger partial charge on any atom is 0.310 e. The van der Waals surface area contributed by atoms with E-state index in [0.717, 1.165) is 0 Å².